The molecule has 2 fully saturated rings. The maximum absolute atomic E-state index is 13.3. The molecule has 166 valence electrons. The first-order valence-corrected chi connectivity index (χ1v) is 12.4. The van der Waals surface area contributed by atoms with E-state index < -0.39 is 10.0 Å². The van der Waals surface area contributed by atoms with Crippen LogP contribution < -0.4 is 4.74 Å². The van der Waals surface area contributed by atoms with Crippen molar-refractivity contribution in [3.63, 3.8) is 0 Å². The Morgan fingerprint density at radius 3 is 2.23 bits per heavy atom. The number of likely N-dealkylation sites (tertiary alicyclic amines) is 1. The molecule has 0 N–H and O–H groups in total. The van der Waals surface area contributed by atoms with Gasteiger partial charge in [-0.3, -0.25) is 4.79 Å². The summed E-state index contributed by atoms with van der Waals surface area (Å²) in [6.07, 6.45) is 3.00. The van der Waals surface area contributed by atoms with E-state index in [2.05, 4.69) is 0 Å². The number of piperidine rings is 1. The molecule has 0 spiro atoms. The number of rotatable bonds is 5. The van der Waals surface area contributed by atoms with Crippen LogP contribution in [0.1, 0.15) is 37.3 Å². The number of carbonyl (C=O) groups excluding carboxylic acids is 1. The van der Waals surface area contributed by atoms with Crippen molar-refractivity contribution in [1.82, 2.24) is 9.21 Å². The van der Waals surface area contributed by atoms with Crippen LogP contribution in [0, 0.1) is 5.92 Å². The third kappa shape index (κ3) is 4.59. The minimum atomic E-state index is -3.57. The van der Waals surface area contributed by atoms with Gasteiger partial charge in [0, 0.05) is 30.6 Å². The van der Waals surface area contributed by atoms with Gasteiger partial charge in [0.05, 0.1) is 18.0 Å². The Bertz CT molecular complexity index is 1020. The standard InChI is InChI=1S/C23H27ClN2O4S/c1-30-20-8-4-17(5-9-20)22-3-2-14-26(22)23(27)18-12-15-25(16-13-18)31(28,29)21-10-6-19(24)7-11-21/h4-11,18,22H,2-3,12-16H2,1H3. The number of nitrogens with zero attached hydrogens (tertiary/aromatic N) is 2. The molecule has 2 aromatic carbocycles. The topological polar surface area (TPSA) is 66.9 Å². The summed E-state index contributed by atoms with van der Waals surface area (Å²) in [5.74, 6) is 0.797. The molecule has 8 heteroatoms. The number of methoxy groups -OCH3 is 1. The van der Waals surface area contributed by atoms with Gasteiger partial charge >= 0.3 is 0 Å². The van der Waals surface area contributed by atoms with E-state index in [0.717, 1.165) is 30.7 Å². The van der Waals surface area contributed by atoms with Crippen LogP contribution in [0.25, 0.3) is 0 Å². The highest BCUT2D eigenvalue weighted by Gasteiger charge is 2.37. The van der Waals surface area contributed by atoms with E-state index in [1.165, 1.54) is 16.4 Å². The fraction of sp³-hybridized carbons (Fsp3) is 0.435. The van der Waals surface area contributed by atoms with Crippen molar-refractivity contribution in [3.05, 3.63) is 59.1 Å². The Labute approximate surface area is 188 Å². The van der Waals surface area contributed by atoms with Crippen molar-refractivity contribution in [2.45, 2.75) is 36.6 Å². The summed E-state index contributed by atoms with van der Waals surface area (Å²) >= 11 is 5.88. The van der Waals surface area contributed by atoms with Crippen LogP contribution >= 0.6 is 11.6 Å². The Kier molecular flexibility index (Phi) is 6.55. The highest BCUT2D eigenvalue weighted by Crippen LogP contribution is 2.35. The van der Waals surface area contributed by atoms with E-state index in [0.29, 0.717) is 31.0 Å². The number of hydrogen-bond donors (Lipinski definition) is 0. The number of ether oxygens (including phenoxy) is 1. The maximum Gasteiger partial charge on any atom is 0.243 e. The van der Waals surface area contributed by atoms with E-state index in [9.17, 15) is 13.2 Å². The minimum absolute atomic E-state index is 0.0780. The smallest absolute Gasteiger partial charge is 0.243 e. The number of carbonyl (C=O) groups is 1. The molecule has 0 saturated carbocycles. The summed E-state index contributed by atoms with van der Waals surface area (Å²) in [6.45, 7) is 1.45. The third-order valence-corrected chi connectivity index (χ3v) is 8.46. The number of sulfonamides is 1. The second-order valence-electron chi connectivity index (χ2n) is 8.10. The van der Waals surface area contributed by atoms with Gasteiger partial charge in [-0.25, -0.2) is 8.42 Å². The Morgan fingerprint density at radius 2 is 1.61 bits per heavy atom. The predicted molar refractivity (Wildman–Crippen MR) is 120 cm³/mol. The van der Waals surface area contributed by atoms with Gasteiger partial charge in [-0.05, 0) is 67.6 Å². The van der Waals surface area contributed by atoms with Crippen molar-refractivity contribution >= 4 is 27.5 Å². The molecular formula is C23H27ClN2O4S. The van der Waals surface area contributed by atoms with Crippen LogP contribution in [-0.4, -0.2) is 50.3 Å². The molecule has 1 amide bonds. The van der Waals surface area contributed by atoms with Crippen molar-refractivity contribution in [2.75, 3.05) is 26.7 Å². The molecule has 6 nitrogen and oxygen atoms in total. The Morgan fingerprint density at radius 1 is 0.968 bits per heavy atom. The number of benzene rings is 2. The van der Waals surface area contributed by atoms with Gasteiger partial charge < -0.3 is 9.64 Å². The van der Waals surface area contributed by atoms with E-state index in [-0.39, 0.29) is 22.8 Å². The molecule has 0 bridgehead atoms. The van der Waals surface area contributed by atoms with Crippen molar-refractivity contribution < 1.29 is 17.9 Å². The van der Waals surface area contributed by atoms with E-state index in [1.54, 1.807) is 19.2 Å². The maximum atomic E-state index is 13.3. The fourth-order valence-electron chi connectivity index (χ4n) is 4.54. The van der Waals surface area contributed by atoms with Gasteiger partial charge in [0.15, 0.2) is 0 Å². The van der Waals surface area contributed by atoms with E-state index >= 15 is 0 Å². The largest absolute Gasteiger partial charge is 0.497 e. The first-order chi connectivity index (χ1) is 14.9. The summed E-state index contributed by atoms with van der Waals surface area (Å²) in [5, 5.41) is 0.500. The highest BCUT2D eigenvalue weighted by molar-refractivity contribution is 7.89. The lowest BCUT2D eigenvalue weighted by Crippen LogP contribution is -2.44. The Hall–Kier alpha value is -2.09. The number of hydrogen-bond acceptors (Lipinski definition) is 4. The lowest BCUT2D eigenvalue weighted by atomic mass is 9.95. The van der Waals surface area contributed by atoms with E-state index in [1.807, 2.05) is 29.2 Å². The zero-order valence-electron chi connectivity index (χ0n) is 17.5. The first-order valence-electron chi connectivity index (χ1n) is 10.6. The summed E-state index contributed by atoms with van der Waals surface area (Å²) < 4.78 is 32.5. The zero-order chi connectivity index (χ0) is 22.0. The summed E-state index contributed by atoms with van der Waals surface area (Å²) in [6, 6.07) is 14.2. The Balaban J connectivity index is 1.41. The van der Waals surface area contributed by atoms with Crippen LogP contribution in [0.15, 0.2) is 53.4 Å². The molecule has 1 atom stereocenters. The van der Waals surface area contributed by atoms with Crippen LogP contribution in [0.4, 0.5) is 0 Å². The first kappa shape index (κ1) is 22.1. The summed E-state index contributed by atoms with van der Waals surface area (Å²) in [5.41, 5.74) is 1.12. The monoisotopic (exact) mass is 462 g/mol. The number of amides is 1. The summed E-state index contributed by atoms with van der Waals surface area (Å²) in [7, 11) is -1.93. The normalized spacial score (nSPS) is 20.7. The average molecular weight is 463 g/mol. The molecule has 0 radical (unpaired) electrons. The lowest BCUT2D eigenvalue weighted by molar-refractivity contribution is -0.137. The molecule has 0 aliphatic carbocycles. The molecule has 2 saturated heterocycles. The highest BCUT2D eigenvalue weighted by atomic mass is 35.5. The molecule has 2 aromatic rings. The quantitative estimate of drug-likeness (QED) is 0.670. The molecule has 4 rings (SSSR count). The molecule has 2 aliphatic rings. The zero-order valence-corrected chi connectivity index (χ0v) is 19.1. The number of halogens is 1. The minimum Gasteiger partial charge on any atom is -0.497 e. The fourth-order valence-corrected chi connectivity index (χ4v) is 6.13. The van der Waals surface area contributed by atoms with E-state index in [4.69, 9.17) is 16.3 Å². The molecular weight excluding hydrogens is 436 g/mol. The predicted octanol–water partition coefficient (Wildman–Crippen LogP) is 4.11. The second kappa shape index (κ2) is 9.18. The lowest BCUT2D eigenvalue weighted by Gasteiger charge is -2.34. The third-order valence-electron chi connectivity index (χ3n) is 6.29. The SMILES string of the molecule is COc1ccc(C2CCCN2C(=O)C2CCN(S(=O)(=O)c3ccc(Cl)cc3)CC2)cc1. The molecule has 0 aromatic heterocycles. The van der Waals surface area contributed by atoms with Crippen LogP contribution in [0.3, 0.4) is 0 Å². The van der Waals surface area contributed by atoms with Gasteiger partial charge in [-0.2, -0.15) is 4.31 Å². The van der Waals surface area contributed by atoms with Gasteiger partial charge in [-0.1, -0.05) is 23.7 Å². The van der Waals surface area contributed by atoms with Crippen LogP contribution in [0.5, 0.6) is 5.75 Å². The van der Waals surface area contributed by atoms with Gasteiger partial charge in [0.2, 0.25) is 15.9 Å². The molecule has 1 unspecified atom stereocenters. The van der Waals surface area contributed by atoms with Gasteiger partial charge in [0.25, 0.3) is 0 Å². The van der Waals surface area contributed by atoms with Crippen molar-refractivity contribution in [3.8, 4) is 5.75 Å². The average Bonchev–Trinajstić information content (AvgIpc) is 3.29. The van der Waals surface area contributed by atoms with Gasteiger partial charge in [-0.15, -0.1) is 0 Å². The van der Waals surface area contributed by atoms with Crippen molar-refractivity contribution in [1.29, 1.82) is 0 Å². The van der Waals surface area contributed by atoms with Crippen molar-refractivity contribution in [2.24, 2.45) is 5.92 Å². The molecule has 2 heterocycles. The van der Waals surface area contributed by atoms with Crippen LogP contribution in [-0.2, 0) is 14.8 Å². The molecule has 2 aliphatic heterocycles. The van der Waals surface area contributed by atoms with Crippen LogP contribution in [0.2, 0.25) is 5.02 Å². The summed E-state index contributed by atoms with van der Waals surface area (Å²) in [4.78, 5) is 15.5. The molecule has 31 heavy (non-hydrogen) atoms. The van der Waals surface area contributed by atoms with Gasteiger partial charge in [0.1, 0.15) is 5.75 Å². The second-order valence-corrected chi connectivity index (χ2v) is 10.5.